The van der Waals surface area contributed by atoms with Gasteiger partial charge in [-0.1, -0.05) is 56.6 Å². The summed E-state index contributed by atoms with van der Waals surface area (Å²) in [7, 11) is 0.137. The van der Waals surface area contributed by atoms with Crippen molar-refractivity contribution < 1.29 is 0 Å². The molecule has 0 amide bonds. The third-order valence-electron chi connectivity index (χ3n) is 4.73. The summed E-state index contributed by atoms with van der Waals surface area (Å²) in [5.41, 5.74) is 2.37. The Morgan fingerprint density at radius 3 is 1.82 bits per heavy atom. The van der Waals surface area contributed by atoms with Crippen LogP contribution in [0.15, 0.2) is 10.8 Å². The first kappa shape index (κ1) is 17.1. The van der Waals surface area contributed by atoms with Crippen molar-refractivity contribution in [1.29, 1.82) is 0 Å². The van der Waals surface area contributed by atoms with Crippen molar-refractivity contribution in [2.45, 2.75) is 71.8 Å². The summed E-state index contributed by atoms with van der Waals surface area (Å²) >= 11 is 0. The van der Waals surface area contributed by atoms with E-state index in [-0.39, 0.29) is 0 Å². The van der Waals surface area contributed by atoms with Gasteiger partial charge in [0.05, 0.1) is 8.07 Å². The second kappa shape index (κ2) is 8.27. The Kier molecular flexibility index (Phi) is 8.34. The van der Waals surface area contributed by atoms with E-state index in [9.17, 15) is 0 Å². The number of hydrogen-bond acceptors (Lipinski definition) is 1. The second-order valence-corrected chi connectivity index (χ2v) is 12.6. The average Bonchev–Trinajstić information content (AvgIpc) is 2.34. The van der Waals surface area contributed by atoms with E-state index in [0.717, 1.165) is 12.2 Å². The van der Waals surface area contributed by atoms with Crippen molar-refractivity contribution in [2.24, 2.45) is 0 Å². The summed E-state index contributed by atoms with van der Waals surface area (Å²) in [5, 5.41) is 5.47. The minimum absolute atomic E-state index is 0.804. The highest BCUT2D eigenvalue weighted by Crippen LogP contribution is 2.26. The summed E-state index contributed by atoms with van der Waals surface area (Å²) in [6.45, 7) is 15.2. The van der Waals surface area contributed by atoms with Crippen molar-refractivity contribution in [3.05, 3.63) is 10.8 Å². The van der Waals surface area contributed by atoms with E-state index in [1.807, 2.05) is 0 Å². The Balaban J connectivity index is 4.66. The fraction of sp³-hybridized carbons (Fsp3) is 0.857. The van der Waals surface area contributed by atoms with E-state index >= 15 is 0 Å². The quantitative estimate of drug-likeness (QED) is 0.669. The van der Waals surface area contributed by atoms with Crippen molar-refractivity contribution >= 4 is 18.3 Å². The Bertz CT molecular complexity index is 232. The zero-order valence-corrected chi connectivity index (χ0v) is 16.1. The molecule has 17 heavy (non-hydrogen) atoms. The number of hydrogen-bond donors (Lipinski definition) is 1. The minimum atomic E-state index is -1.07. The van der Waals surface area contributed by atoms with Gasteiger partial charge in [-0.25, -0.2) is 0 Å². The van der Waals surface area contributed by atoms with Crippen molar-refractivity contribution in [3.63, 3.8) is 0 Å². The first-order chi connectivity index (χ1) is 7.97. The summed E-state index contributed by atoms with van der Waals surface area (Å²) in [4.78, 5) is 0. The molecule has 0 aliphatic carbocycles. The van der Waals surface area contributed by atoms with Gasteiger partial charge >= 0.3 is 0 Å². The molecule has 0 rings (SSSR count). The van der Waals surface area contributed by atoms with Crippen LogP contribution in [0.2, 0.25) is 18.1 Å². The van der Waals surface area contributed by atoms with Crippen molar-refractivity contribution in [3.8, 4) is 0 Å². The molecular formula is C14H33NSi2. The van der Waals surface area contributed by atoms with Gasteiger partial charge in [0, 0.05) is 22.5 Å². The predicted molar refractivity (Wildman–Crippen MR) is 87.6 cm³/mol. The molecule has 0 spiro atoms. The summed E-state index contributed by atoms with van der Waals surface area (Å²) in [6, 6.07) is 4.27. The van der Waals surface area contributed by atoms with Gasteiger partial charge in [0.15, 0.2) is 0 Å². The van der Waals surface area contributed by atoms with Gasteiger partial charge in [-0.05, 0) is 20.3 Å². The molecule has 0 saturated heterocycles. The molecule has 0 radical (unpaired) electrons. The highest BCUT2D eigenvalue weighted by molar-refractivity contribution is 6.81. The van der Waals surface area contributed by atoms with Gasteiger partial charge in [-0.3, -0.25) is 0 Å². The molecular weight excluding hydrogens is 238 g/mol. The maximum absolute atomic E-state index is 3.87. The molecule has 3 heteroatoms. The molecule has 0 aromatic carbocycles. The van der Waals surface area contributed by atoms with Gasteiger partial charge in [-0.2, -0.15) is 0 Å². The Labute approximate surface area is 113 Å². The van der Waals surface area contributed by atoms with Crippen LogP contribution in [0.5, 0.6) is 0 Å². The largest absolute Gasteiger partial charge is 0.313 e. The molecule has 1 N–H and O–H groups in total. The van der Waals surface area contributed by atoms with E-state index in [1.165, 1.54) is 34.8 Å². The van der Waals surface area contributed by atoms with E-state index in [0.29, 0.717) is 0 Å². The third-order valence-corrected chi connectivity index (χ3v) is 11.9. The Morgan fingerprint density at radius 1 is 1.06 bits per heavy atom. The smallest absolute Gasteiger partial charge is 0.0718 e. The molecule has 0 aromatic heterocycles. The fourth-order valence-electron chi connectivity index (χ4n) is 2.74. The SMILES string of the molecule is CCC(NCC(C)=C(C)[SiH3])[Si](CC)(CC)CC. The highest BCUT2D eigenvalue weighted by atomic mass is 28.3. The van der Waals surface area contributed by atoms with E-state index in [4.69, 9.17) is 0 Å². The van der Waals surface area contributed by atoms with Crippen LogP contribution in [-0.2, 0) is 0 Å². The Morgan fingerprint density at radius 2 is 1.53 bits per heavy atom. The van der Waals surface area contributed by atoms with Crippen LogP contribution in [0.1, 0.15) is 48.0 Å². The lowest BCUT2D eigenvalue weighted by atomic mass is 10.3. The molecule has 0 aliphatic rings. The van der Waals surface area contributed by atoms with Gasteiger partial charge in [0.2, 0.25) is 0 Å². The zero-order chi connectivity index (χ0) is 13.5. The molecule has 0 aromatic rings. The molecule has 102 valence electrons. The molecule has 1 nitrogen and oxygen atoms in total. The number of rotatable bonds is 8. The molecule has 1 atom stereocenters. The van der Waals surface area contributed by atoms with Gasteiger partial charge in [0.1, 0.15) is 0 Å². The van der Waals surface area contributed by atoms with E-state index in [2.05, 4.69) is 46.9 Å². The normalized spacial score (nSPS) is 15.9. The summed E-state index contributed by atoms with van der Waals surface area (Å²) < 4.78 is 0. The van der Waals surface area contributed by atoms with Crippen LogP contribution in [0.25, 0.3) is 0 Å². The minimum Gasteiger partial charge on any atom is -0.313 e. The standard InChI is InChI=1S/C14H33NSi2/c1-7-14(15-11-12(5)13(6)16)17(8-2,9-3)10-4/h14-15H,7-11H2,1-6,16H3. The molecule has 1 unspecified atom stereocenters. The first-order valence-electron chi connectivity index (χ1n) is 7.33. The average molecular weight is 272 g/mol. The molecule has 0 bridgehead atoms. The topological polar surface area (TPSA) is 12.0 Å². The number of allylic oxidation sites excluding steroid dienone is 1. The van der Waals surface area contributed by atoms with Crippen LogP contribution >= 0.6 is 0 Å². The Hall–Kier alpha value is 0.134. The van der Waals surface area contributed by atoms with Gasteiger partial charge < -0.3 is 5.32 Å². The third kappa shape index (κ3) is 4.72. The van der Waals surface area contributed by atoms with Crippen LogP contribution in [0, 0.1) is 0 Å². The lowest BCUT2D eigenvalue weighted by molar-refractivity contribution is 0.623. The lowest BCUT2D eigenvalue weighted by Gasteiger charge is -2.37. The fourth-order valence-corrected chi connectivity index (χ4v) is 7.29. The van der Waals surface area contributed by atoms with Crippen molar-refractivity contribution in [1.82, 2.24) is 5.32 Å². The van der Waals surface area contributed by atoms with Crippen LogP contribution in [0.4, 0.5) is 0 Å². The highest BCUT2D eigenvalue weighted by Gasteiger charge is 2.34. The second-order valence-electron chi connectivity index (χ2n) is 5.55. The van der Waals surface area contributed by atoms with E-state index in [1.54, 1.807) is 10.8 Å². The van der Waals surface area contributed by atoms with Crippen LogP contribution in [0.3, 0.4) is 0 Å². The van der Waals surface area contributed by atoms with Gasteiger partial charge in [0.25, 0.3) is 0 Å². The van der Waals surface area contributed by atoms with Gasteiger partial charge in [-0.15, -0.1) is 0 Å². The van der Waals surface area contributed by atoms with Crippen LogP contribution < -0.4 is 5.32 Å². The maximum atomic E-state index is 3.87. The monoisotopic (exact) mass is 271 g/mol. The predicted octanol–water partition coefficient (Wildman–Crippen LogP) is 3.06. The molecule has 0 aliphatic heterocycles. The first-order valence-corrected chi connectivity index (χ1v) is 11.0. The van der Waals surface area contributed by atoms with Crippen LogP contribution in [-0.4, -0.2) is 30.5 Å². The zero-order valence-electron chi connectivity index (χ0n) is 13.1. The molecule has 0 heterocycles. The summed E-state index contributed by atoms with van der Waals surface area (Å²) in [5.74, 6) is 0. The van der Waals surface area contributed by atoms with E-state index < -0.39 is 8.07 Å². The summed E-state index contributed by atoms with van der Waals surface area (Å²) in [6.07, 6.45) is 1.30. The number of nitrogens with one attached hydrogen (secondary N) is 1. The lowest BCUT2D eigenvalue weighted by Crippen LogP contribution is -2.53. The molecule has 0 fully saturated rings. The van der Waals surface area contributed by atoms with Crippen molar-refractivity contribution in [2.75, 3.05) is 6.54 Å². The maximum Gasteiger partial charge on any atom is 0.0718 e. The molecule has 0 saturated carbocycles.